The number of hydrogen-bond acceptors (Lipinski definition) is 3. The second kappa shape index (κ2) is 7.85. The Kier molecular flexibility index (Phi) is 5.81. The molecule has 20 heavy (non-hydrogen) atoms. The summed E-state index contributed by atoms with van der Waals surface area (Å²) in [5, 5.41) is 4.56. The van der Waals surface area contributed by atoms with Gasteiger partial charge in [-0.15, -0.1) is 0 Å². The van der Waals surface area contributed by atoms with Gasteiger partial charge in [-0.25, -0.2) is 0 Å². The summed E-state index contributed by atoms with van der Waals surface area (Å²) >= 11 is 0. The van der Waals surface area contributed by atoms with Crippen LogP contribution in [0.3, 0.4) is 0 Å². The molecule has 3 nitrogen and oxygen atoms in total. The van der Waals surface area contributed by atoms with Gasteiger partial charge >= 0.3 is 0 Å². The van der Waals surface area contributed by atoms with E-state index in [1.165, 1.54) is 12.8 Å². The van der Waals surface area contributed by atoms with E-state index in [1.807, 2.05) is 24.4 Å². The number of benzene rings is 1. The van der Waals surface area contributed by atoms with Gasteiger partial charge in [-0.3, -0.25) is 4.98 Å². The second-order valence-electron chi connectivity index (χ2n) is 5.13. The molecule has 1 heterocycles. The van der Waals surface area contributed by atoms with Crippen molar-refractivity contribution in [2.75, 3.05) is 13.2 Å². The first kappa shape index (κ1) is 14.8. The quantitative estimate of drug-likeness (QED) is 0.743. The van der Waals surface area contributed by atoms with Crippen molar-refractivity contribution in [1.29, 1.82) is 0 Å². The van der Waals surface area contributed by atoms with Gasteiger partial charge in [0.2, 0.25) is 0 Å². The van der Waals surface area contributed by atoms with Crippen molar-refractivity contribution in [3.05, 3.63) is 36.5 Å². The molecule has 1 aromatic carbocycles. The molecule has 0 aliphatic rings. The number of para-hydroxylation sites is 1. The summed E-state index contributed by atoms with van der Waals surface area (Å²) < 4.78 is 5.88. The predicted molar refractivity (Wildman–Crippen MR) is 84.2 cm³/mol. The van der Waals surface area contributed by atoms with Gasteiger partial charge in [-0.1, -0.05) is 25.1 Å². The molecular formula is C17H24N2O. The summed E-state index contributed by atoms with van der Waals surface area (Å²) in [7, 11) is 0. The number of nitrogens with one attached hydrogen (secondary N) is 1. The first-order valence-corrected chi connectivity index (χ1v) is 7.51. The molecule has 108 valence electrons. The Labute approximate surface area is 121 Å². The summed E-state index contributed by atoms with van der Waals surface area (Å²) in [5.41, 5.74) is 0.955. The first-order chi connectivity index (χ1) is 9.81. The van der Waals surface area contributed by atoms with Crippen molar-refractivity contribution < 1.29 is 4.74 Å². The molecule has 1 unspecified atom stereocenters. The molecular weight excluding hydrogens is 248 g/mol. The van der Waals surface area contributed by atoms with E-state index in [4.69, 9.17) is 4.74 Å². The highest BCUT2D eigenvalue weighted by Gasteiger charge is 2.03. The molecule has 0 amide bonds. The lowest BCUT2D eigenvalue weighted by Crippen LogP contribution is -2.25. The molecule has 0 fully saturated rings. The summed E-state index contributed by atoms with van der Waals surface area (Å²) in [6.07, 6.45) is 5.28. The fourth-order valence-electron chi connectivity index (χ4n) is 2.38. The number of hydrogen-bond donors (Lipinski definition) is 1. The topological polar surface area (TPSA) is 34.1 Å². The zero-order valence-corrected chi connectivity index (χ0v) is 12.4. The molecule has 0 bridgehead atoms. The molecule has 0 spiro atoms. The Hall–Kier alpha value is -1.61. The van der Waals surface area contributed by atoms with Gasteiger partial charge in [-0.2, -0.15) is 0 Å². The van der Waals surface area contributed by atoms with E-state index < -0.39 is 0 Å². The van der Waals surface area contributed by atoms with Crippen LogP contribution in [0, 0.1) is 0 Å². The van der Waals surface area contributed by atoms with Crippen molar-refractivity contribution >= 4 is 10.9 Å². The third-order valence-corrected chi connectivity index (χ3v) is 3.44. The van der Waals surface area contributed by atoms with Gasteiger partial charge in [-0.05, 0) is 44.9 Å². The van der Waals surface area contributed by atoms with Crippen molar-refractivity contribution in [3.63, 3.8) is 0 Å². The van der Waals surface area contributed by atoms with Crippen LogP contribution in [0.5, 0.6) is 5.75 Å². The van der Waals surface area contributed by atoms with E-state index in [9.17, 15) is 0 Å². The SMILES string of the molecule is CCNC(C)CCCCOc1cccc2cccnc12. The second-order valence-corrected chi connectivity index (χ2v) is 5.13. The zero-order valence-electron chi connectivity index (χ0n) is 12.4. The van der Waals surface area contributed by atoms with Crippen LogP contribution in [0.1, 0.15) is 33.1 Å². The first-order valence-electron chi connectivity index (χ1n) is 7.51. The van der Waals surface area contributed by atoms with E-state index in [0.29, 0.717) is 6.04 Å². The van der Waals surface area contributed by atoms with E-state index in [0.717, 1.165) is 36.2 Å². The largest absolute Gasteiger partial charge is 0.491 e. The fraction of sp³-hybridized carbons (Fsp3) is 0.471. The molecule has 2 rings (SSSR count). The Balaban J connectivity index is 1.79. The molecule has 1 atom stereocenters. The lowest BCUT2D eigenvalue weighted by atomic mass is 10.1. The molecule has 0 radical (unpaired) electrons. The third-order valence-electron chi connectivity index (χ3n) is 3.44. The maximum absolute atomic E-state index is 5.88. The molecule has 0 aliphatic carbocycles. The van der Waals surface area contributed by atoms with E-state index in [-0.39, 0.29) is 0 Å². The summed E-state index contributed by atoms with van der Waals surface area (Å²) in [5.74, 6) is 0.892. The van der Waals surface area contributed by atoms with Crippen LogP contribution < -0.4 is 10.1 Å². The molecule has 0 saturated carbocycles. The molecule has 1 aromatic heterocycles. The summed E-state index contributed by atoms with van der Waals surface area (Å²) in [6.45, 7) is 6.18. The average molecular weight is 272 g/mol. The van der Waals surface area contributed by atoms with Crippen LogP contribution in [0.15, 0.2) is 36.5 Å². The maximum Gasteiger partial charge on any atom is 0.145 e. The lowest BCUT2D eigenvalue weighted by molar-refractivity contribution is 0.304. The number of fused-ring (bicyclic) bond motifs is 1. The molecule has 0 saturated heterocycles. The Morgan fingerprint density at radius 2 is 2.05 bits per heavy atom. The van der Waals surface area contributed by atoms with Crippen LogP contribution in [-0.4, -0.2) is 24.2 Å². The van der Waals surface area contributed by atoms with E-state index >= 15 is 0 Å². The van der Waals surface area contributed by atoms with E-state index in [2.05, 4.69) is 36.3 Å². The van der Waals surface area contributed by atoms with Gasteiger partial charge < -0.3 is 10.1 Å². The Morgan fingerprint density at radius 1 is 1.20 bits per heavy atom. The highest BCUT2D eigenvalue weighted by molar-refractivity contribution is 5.84. The minimum Gasteiger partial charge on any atom is -0.491 e. The van der Waals surface area contributed by atoms with Gasteiger partial charge in [0.25, 0.3) is 0 Å². The van der Waals surface area contributed by atoms with Gasteiger partial charge in [0, 0.05) is 17.6 Å². The number of aromatic nitrogens is 1. The monoisotopic (exact) mass is 272 g/mol. The smallest absolute Gasteiger partial charge is 0.145 e. The Bertz CT molecular complexity index is 522. The minimum atomic E-state index is 0.597. The fourth-order valence-corrected chi connectivity index (χ4v) is 2.38. The number of nitrogens with zero attached hydrogens (tertiary/aromatic N) is 1. The van der Waals surface area contributed by atoms with Crippen LogP contribution in [0.25, 0.3) is 10.9 Å². The number of pyridine rings is 1. The van der Waals surface area contributed by atoms with Crippen LogP contribution in [0.2, 0.25) is 0 Å². The van der Waals surface area contributed by atoms with Crippen molar-refractivity contribution in [2.45, 2.75) is 39.2 Å². The zero-order chi connectivity index (χ0) is 14.2. The average Bonchev–Trinajstić information content (AvgIpc) is 2.47. The number of ether oxygens (including phenoxy) is 1. The number of unbranched alkanes of at least 4 members (excludes halogenated alkanes) is 1. The lowest BCUT2D eigenvalue weighted by Gasteiger charge is -2.12. The minimum absolute atomic E-state index is 0.597. The van der Waals surface area contributed by atoms with Gasteiger partial charge in [0.05, 0.1) is 6.61 Å². The van der Waals surface area contributed by atoms with Crippen LogP contribution >= 0.6 is 0 Å². The maximum atomic E-state index is 5.88. The molecule has 0 aliphatic heterocycles. The standard InChI is InChI=1S/C17H24N2O/c1-3-18-14(2)8-4-5-13-20-16-11-6-9-15-10-7-12-19-17(15)16/h6-7,9-12,14,18H,3-5,8,13H2,1-2H3. The van der Waals surface area contributed by atoms with Gasteiger partial charge in [0.1, 0.15) is 11.3 Å². The third kappa shape index (κ3) is 4.20. The summed E-state index contributed by atoms with van der Waals surface area (Å²) in [6, 6.07) is 10.7. The number of rotatable bonds is 8. The van der Waals surface area contributed by atoms with Crippen molar-refractivity contribution in [1.82, 2.24) is 10.3 Å². The normalized spacial score (nSPS) is 12.5. The van der Waals surface area contributed by atoms with Gasteiger partial charge in [0.15, 0.2) is 0 Å². The van der Waals surface area contributed by atoms with E-state index in [1.54, 1.807) is 0 Å². The highest BCUT2D eigenvalue weighted by atomic mass is 16.5. The molecule has 3 heteroatoms. The highest BCUT2D eigenvalue weighted by Crippen LogP contribution is 2.23. The molecule has 1 N–H and O–H groups in total. The van der Waals surface area contributed by atoms with Crippen LogP contribution in [-0.2, 0) is 0 Å². The van der Waals surface area contributed by atoms with Crippen molar-refractivity contribution in [2.24, 2.45) is 0 Å². The molecule has 2 aromatic rings. The summed E-state index contributed by atoms with van der Waals surface area (Å²) in [4.78, 5) is 4.40. The van der Waals surface area contributed by atoms with Crippen molar-refractivity contribution in [3.8, 4) is 5.75 Å². The Morgan fingerprint density at radius 3 is 2.90 bits per heavy atom. The predicted octanol–water partition coefficient (Wildman–Crippen LogP) is 3.78. The van der Waals surface area contributed by atoms with Crippen LogP contribution in [0.4, 0.5) is 0 Å².